The Bertz CT molecular complexity index is 312. The highest BCUT2D eigenvalue weighted by atomic mass is 32.2. The monoisotopic (exact) mass is 214 g/mol. The number of carbonyl (C=O) groups is 1. The maximum Gasteiger partial charge on any atom is 0.237 e. The van der Waals surface area contributed by atoms with E-state index in [2.05, 4.69) is 10.5 Å². The van der Waals surface area contributed by atoms with E-state index >= 15 is 0 Å². The van der Waals surface area contributed by atoms with Gasteiger partial charge >= 0.3 is 0 Å². The van der Waals surface area contributed by atoms with Crippen LogP contribution in [0.3, 0.4) is 0 Å². The smallest absolute Gasteiger partial charge is 0.237 e. The molecule has 0 radical (unpaired) electrons. The number of thioether (sulfide) groups is 1. The van der Waals surface area contributed by atoms with Crippen LogP contribution in [0.25, 0.3) is 0 Å². The summed E-state index contributed by atoms with van der Waals surface area (Å²) in [6, 6.07) is 0. The van der Waals surface area contributed by atoms with Crippen LogP contribution in [0, 0.1) is 5.92 Å². The van der Waals surface area contributed by atoms with Gasteiger partial charge in [-0.05, 0) is 0 Å². The lowest BCUT2D eigenvalue weighted by atomic mass is 10.2. The van der Waals surface area contributed by atoms with Crippen molar-refractivity contribution >= 4 is 17.7 Å². The molecule has 1 amide bonds. The van der Waals surface area contributed by atoms with E-state index in [4.69, 9.17) is 5.84 Å². The average Bonchev–Trinajstić information content (AvgIpc) is 2.59. The van der Waals surface area contributed by atoms with Crippen molar-refractivity contribution in [2.75, 3.05) is 5.75 Å². The number of nitrogens with one attached hydrogen (secondary N) is 1. The lowest BCUT2D eigenvalue weighted by Crippen LogP contribution is -2.35. The Kier molecular flexibility index (Phi) is 3.97. The van der Waals surface area contributed by atoms with Gasteiger partial charge < -0.3 is 0 Å². The topological polar surface area (TPSA) is 72.9 Å². The standard InChI is InChI=1S/C8H14N4OS/c1-6(8(13)11-9)5-14-7-3-10-12(2)4-7/h3-4,6H,5,9H2,1-2H3,(H,11,13). The molecule has 0 saturated carbocycles. The number of hydrazine groups is 1. The first-order chi connectivity index (χ1) is 6.63. The van der Waals surface area contributed by atoms with Gasteiger partial charge in [0.1, 0.15) is 0 Å². The highest BCUT2D eigenvalue weighted by Crippen LogP contribution is 2.19. The Balaban J connectivity index is 2.37. The second kappa shape index (κ2) is 5.02. The van der Waals surface area contributed by atoms with Crippen molar-refractivity contribution in [2.45, 2.75) is 11.8 Å². The third kappa shape index (κ3) is 3.04. The van der Waals surface area contributed by atoms with E-state index < -0.39 is 0 Å². The van der Waals surface area contributed by atoms with Gasteiger partial charge in [-0.2, -0.15) is 5.10 Å². The summed E-state index contributed by atoms with van der Waals surface area (Å²) in [5, 5.41) is 4.03. The first-order valence-electron chi connectivity index (χ1n) is 4.25. The van der Waals surface area contributed by atoms with Crippen LogP contribution in [0.2, 0.25) is 0 Å². The van der Waals surface area contributed by atoms with Crippen molar-refractivity contribution in [3.63, 3.8) is 0 Å². The van der Waals surface area contributed by atoms with Gasteiger partial charge in [-0.1, -0.05) is 6.92 Å². The highest BCUT2D eigenvalue weighted by Gasteiger charge is 2.11. The second-order valence-electron chi connectivity index (χ2n) is 3.07. The van der Waals surface area contributed by atoms with Crippen LogP contribution in [-0.4, -0.2) is 21.4 Å². The Morgan fingerprint density at radius 2 is 2.57 bits per heavy atom. The van der Waals surface area contributed by atoms with Gasteiger partial charge in [0, 0.05) is 29.8 Å². The number of aromatic nitrogens is 2. The maximum absolute atomic E-state index is 11.1. The molecular formula is C8H14N4OS. The van der Waals surface area contributed by atoms with Crippen LogP contribution in [0.4, 0.5) is 0 Å². The lowest BCUT2D eigenvalue weighted by Gasteiger charge is -2.07. The summed E-state index contributed by atoms with van der Waals surface area (Å²) in [5.41, 5.74) is 2.13. The largest absolute Gasteiger partial charge is 0.294 e. The molecule has 0 aliphatic carbocycles. The highest BCUT2D eigenvalue weighted by molar-refractivity contribution is 7.99. The molecule has 78 valence electrons. The summed E-state index contributed by atoms with van der Waals surface area (Å²) in [6.07, 6.45) is 3.69. The lowest BCUT2D eigenvalue weighted by molar-refractivity contribution is -0.123. The predicted molar refractivity (Wildman–Crippen MR) is 55.4 cm³/mol. The molecule has 0 aromatic carbocycles. The number of hydrogen-bond donors (Lipinski definition) is 2. The minimum absolute atomic E-state index is 0.0924. The van der Waals surface area contributed by atoms with Gasteiger partial charge in [-0.3, -0.25) is 14.9 Å². The van der Waals surface area contributed by atoms with Crippen LogP contribution in [-0.2, 0) is 11.8 Å². The molecule has 1 rings (SSSR count). The quantitative estimate of drug-likeness (QED) is 0.323. The Morgan fingerprint density at radius 1 is 1.86 bits per heavy atom. The summed E-state index contributed by atoms with van der Waals surface area (Å²) in [7, 11) is 1.86. The fourth-order valence-electron chi connectivity index (χ4n) is 0.912. The minimum atomic E-state index is -0.138. The van der Waals surface area contributed by atoms with E-state index in [1.165, 1.54) is 0 Å². The zero-order valence-electron chi connectivity index (χ0n) is 8.23. The Labute approximate surface area is 87.0 Å². The van der Waals surface area contributed by atoms with Crippen LogP contribution >= 0.6 is 11.8 Å². The molecule has 1 heterocycles. The van der Waals surface area contributed by atoms with Crippen molar-refractivity contribution in [2.24, 2.45) is 18.8 Å². The molecule has 14 heavy (non-hydrogen) atoms. The van der Waals surface area contributed by atoms with Crippen LogP contribution in [0.15, 0.2) is 17.3 Å². The third-order valence-electron chi connectivity index (χ3n) is 1.77. The fourth-order valence-corrected chi connectivity index (χ4v) is 1.86. The molecular weight excluding hydrogens is 200 g/mol. The van der Waals surface area contributed by atoms with Crippen molar-refractivity contribution in [3.05, 3.63) is 12.4 Å². The predicted octanol–water partition coefficient (Wildman–Crippen LogP) is 0.138. The van der Waals surface area contributed by atoms with E-state index in [1.54, 1.807) is 22.6 Å². The fraction of sp³-hybridized carbons (Fsp3) is 0.500. The molecule has 0 bridgehead atoms. The van der Waals surface area contributed by atoms with Crippen LogP contribution < -0.4 is 11.3 Å². The van der Waals surface area contributed by atoms with Crippen molar-refractivity contribution in [1.82, 2.24) is 15.2 Å². The minimum Gasteiger partial charge on any atom is -0.294 e. The van der Waals surface area contributed by atoms with E-state index in [-0.39, 0.29) is 11.8 Å². The van der Waals surface area contributed by atoms with Crippen molar-refractivity contribution < 1.29 is 4.79 Å². The average molecular weight is 214 g/mol. The maximum atomic E-state index is 11.1. The number of rotatable bonds is 4. The molecule has 1 atom stereocenters. The van der Waals surface area contributed by atoms with Crippen molar-refractivity contribution in [3.8, 4) is 0 Å². The molecule has 0 aliphatic heterocycles. The van der Waals surface area contributed by atoms with Gasteiger partial charge in [-0.25, -0.2) is 5.84 Å². The van der Waals surface area contributed by atoms with E-state index in [0.717, 1.165) is 4.90 Å². The molecule has 0 spiro atoms. The van der Waals surface area contributed by atoms with E-state index in [1.807, 2.05) is 20.2 Å². The molecule has 5 nitrogen and oxygen atoms in total. The summed E-state index contributed by atoms with van der Waals surface area (Å²) < 4.78 is 1.73. The number of nitrogens with zero attached hydrogens (tertiary/aromatic N) is 2. The van der Waals surface area contributed by atoms with E-state index in [9.17, 15) is 4.79 Å². The molecule has 3 N–H and O–H groups in total. The van der Waals surface area contributed by atoms with Gasteiger partial charge in [0.25, 0.3) is 0 Å². The number of hydrogen-bond acceptors (Lipinski definition) is 4. The second-order valence-corrected chi connectivity index (χ2v) is 4.16. The first kappa shape index (κ1) is 11.1. The SMILES string of the molecule is CC(CSc1cnn(C)c1)C(=O)NN. The number of carbonyl (C=O) groups excluding carboxylic acids is 1. The Hall–Kier alpha value is -1.01. The zero-order chi connectivity index (χ0) is 10.6. The molecule has 0 saturated heterocycles. The normalized spacial score (nSPS) is 12.5. The number of amides is 1. The molecule has 1 aromatic heterocycles. The molecule has 0 fully saturated rings. The Morgan fingerprint density at radius 3 is 3.07 bits per heavy atom. The van der Waals surface area contributed by atoms with Crippen LogP contribution in [0.1, 0.15) is 6.92 Å². The summed E-state index contributed by atoms with van der Waals surface area (Å²) in [4.78, 5) is 12.1. The summed E-state index contributed by atoms with van der Waals surface area (Å²) in [6.45, 7) is 1.84. The van der Waals surface area contributed by atoms with Crippen molar-refractivity contribution in [1.29, 1.82) is 0 Å². The molecule has 1 aromatic rings. The molecule has 0 aliphatic rings. The van der Waals surface area contributed by atoms with E-state index in [0.29, 0.717) is 5.75 Å². The number of aryl methyl sites for hydroxylation is 1. The number of nitrogens with two attached hydrogens (primary N) is 1. The zero-order valence-corrected chi connectivity index (χ0v) is 9.04. The van der Waals surface area contributed by atoms with Gasteiger partial charge in [0.2, 0.25) is 5.91 Å². The van der Waals surface area contributed by atoms with Gasteiger partial charge in [-0.15, -0.1) is 11.8 Å². The summed E-state index contributed by atoms with van der Waals surface area (Å²) >= 11 is 1.59. The van der Waals surface area contributed by atoms with Gasteiger partial charge in [0.15, 0.2) is 0 Å². The van der Waals surface area contributed by atoms with Gasteiger partial charge in [0.05, 0.1) is 6.20 Å². The third-order valence-corrected chi connectivity index (χ3v) is 2.98. The van der Waals surface area contributed by atoms with Crippen LogP contribution in [0.5, 0.6) is 0 Å². The molecule has 6 heteroatoms. The summed E-state index contributed by atoms with van der Waals surface area (Å²) in [5.74, 6) is 5.49. The molecule has 1 unspecified atom stereocenters. The first-order valence-corrected chi connectivity index (χ1v) is 5.24.